The Morgan fingerprint density at radius 1 is 1.21 bits per heavy atom. The molecule has 1 aromatic heterocycles. The highest BCUT2D eigenvalue weighted by molar-refractivity contribution is 7.84. The molecule has 128 valence electrons. The molecule has 0 spiro atoms. The minimum Gasteiger partial charge on any atom is -0.455 e. The summed E-state index contributed by atoms with van der Waals surface area (Å²) in [5.74, 6) is 0.982. The van der Waals surface area contributed by atoms with Gasteiger partial charge in [0.2, 0.25) is 0 Å². The molecule has 1 atom stereocenters. The molecule has 1 saturated carbocycles. The fraction of sp³-hybridized carbons (Fsp3) is 0.421. The van der Waals surface area contributed by atoms with Gasteiger partial charge in [0.25, 0.3) is 5.91 Å². The van der Waals surface area contributed by atoms with Crippen LogP contribution in [0.3, 0.4) is 0 Å². The average molecular weight is 345 g/mol. The number of hydrogen-bond acceptors (Lipinski definition) is 3. The fourth-order valence-electron chi connectivity index (χ4n) is 3.05. The summed E-state index contributed by atoms with van der Waals surface area (Å²) < 4.78 is 18.0. The standard InChI is InChI=1S/C19H23NO3S/c1-14-6-5-9-17(12-14)24(22)13-16-10-11-18(23-16)19(21)20-15-7-3-2-4-8-15/h5-6,9-12,15H,2-4,7-8,13H2,1H3,(H,20,21). The molecule has 1 aliphatic rings. The summed E-state index contributed by atoms with van der Waals surface area (Å²) >= 11 is 0. The summed E-state index contributed by atoms with van der Waals surface area (Å²) in [6, 6.07) is 11.3. The molecule has 0 bridgehead atoms. The van der Waals surface area contributed by atoms with Crippen molar-refractivity contribution in [2.75, 3.05) is 0 Å². The normalized spacial score (nSPS) is 16.7. The first-order valence-corrected chi connectivity index (χ1v) is 9.78. The Bertz CT molecular complexity index is 732. The number of carbonyl (C=O) groups excluding carboxylic acids is 1. The molecule has 4 nitrogen and oxygen atoms in total. The Kier molecular flexibility index (Phi) is 5.51. The molecule has 3 rings (SSSR count). The maximum Gasteiger partial charge on any atom is 0.287 e. The average Bonchev–Trinajstić information content (AvgIpc) is 3.04. The highest BCUT2D eigenvalue weighted by Crippen LogP contribution is 2.19. The first-order valence-electron chi connectivity index (χ1n) is 8.46. The van der Waals surface area contributed by atoms with E-state index in [1.165, 1.54) is 19.3 Å². The Morgan fingerprint density at radius 3 is 2.75 bits per heavy atom. The van der Waals surface area contributed by atoms with E-state index in [0.29, 0.717) is 11.5 Å². The molecule has 1 aromatic carbocycles. The van der Waals surface area contributed by atoms with Crippen LogP contribution in [0.5, 0.6) is 0 Å². The molecule has 0 aliphatic heterocycles. The van der Waals surface area contributed by atoms with Crippen LogP contribution in [0.25, 0.3) is 0 Å². The van der Waals surface area contributed by atoms with Crippen LogP contribution in [-0.4, -0.2) is 16.2 Å². The molecule has 2 aromatic rings. The lowest BCUT2D eigenvalue weighted by Crippen LogP contribution is -2.35. The van der Waals surface area contributed by atoms with Gasteiger partial charge in [-0.2, -0.15) is 0 Å². The van der Waals surface area contributed by atoms with Crippen molar-refractivity contribution in [3.8, 4) is 0 Å². The van der Waals surface area contributed by atoms with E-state index in [4.69, 9.17) is 4.42 Å². The van der Waals surface area contributed by atoms with Crippen molar-refractivity contribution >= 4 is 16.7 Å². The summed E-state index contributed by atoms with van der Waals surface area (Å²) in [4.78, 5) is 13.0. The molecule has 1 heterocycles. The predicted octanol–water partition coefficient (Wildman–Crippen LogP) is 3.96. The maximum atomic E-state index is 12.4. The molecular weight excluding hydrogens is 322 g/mol. The molecule has 0 saturated heterocycles. The van der Waals surface area contributed by atoms with Crippen molar-refractivity contribution < 1.29 is 13.4 Å². The smallest absolute Gasteiger partial charge is 0.287 e. The lowest BCUT2D eigenvalue weighted by Gasteiger charge is -2.22. The van der Waals surface area contributed by atoms with Crippen molar-refractivity contribution in [2.24, 2.45) is 0 Å². The highest BCUT2D eigenvalue weighted by Gasteiger charge is 2.19. The van der Waals surface area contributed by atoms with E-state index in [2.05, 4.69) is 5.32 Å². The Morgan fingerprint density at radius 2 is 2.00 bits per heavy atom. The molecule has 24 heavy (non-hydrogen) atoms. The highest BCUT2D eigenvalue weighted by atomic mass is 32.2. The van der Waals surface area contributed by atoms with Gasteiger partial charge in [-0.1, -0.05) is 31.4 Å². The van der Waals surface area contributed by atoms with Gasteiger partial charge in [0.05, 0.1) is 16.6 Å². The van der Waals surface area contributed by atoms with E-state index in [9.17, 15) is 9.00 Å². The van der Waals surface area contributed by atoms with Crippen LogP contribution in [0.4, 0.5) is 0 Å². The van der Waals surface area contributed by atoms with Crippen molar-refractivity contribution in [3.63, 3.8) is 0 Å². The van der Waals surface area contributed by atoms with E-state index in [1.807, 2.05) is 31.2 Å². The number of rotatable bonds is 5. The van der Waals surface area contributed by atoms with Crippen LogP contribution in [0, 0.1) is 6.92 Å². The van der Waals surface area contributed by atoms with Crippen LogP contribution < -0.4 is 5.32 Å². The lowest BCUT2D eigenvalue weighted by atomic mass is 9.95. The summed E-state index contributed by atoms with van der Waals surface area (Å²) in [6.07, 6.45) is 5.67. The zero-order valence-electron chi connectivity index (χ0n) is 13.9. The zero-order chi connectivity index (χ0) is 16.9. The SMILES string of the molecule is Cc1cccc(S(=O)Cc2ccc(C(=O)NC3CCCCC3)o2)c1. The van der Waals surface area contributed by atoms with Gasteiger partial charge in [-0.3, -0.25) is 9.00 Å². The summed E-state index contributed by atoms with van der Waals surface area (Å²) in [5, 5.41) is 3.03. The molecule has 1 N–H and O–H groups in total. The van der Waals surface area contributed by atoms with Gasteiger partial charge in [-0.15, -0.1) is 0 Å². The van der Waals surface area contributed by atoms with Crippen molar-refractivity contribution in [2.45, 2.75) is 55.7 Å². The third-order valence-corrected chi connectivity index (χ3v) is 5.68. The third-order valence-electron chi connectivity index (χ3n) is 4.35. The quantitative estimate of drug-likeness (QED) is 0.892. The minimum absolute atomic E-state index is 0.172. The van der Waals surface area contributed by atoms with E-state index in [1.54, 1.807) is 12.1 Å². The molecular formula is C19H23NO3S. The van der Waals surface area contributed by atoms with E-state index in [0.717, 1.165) is 23.3 Å². The molecule has 1 fully saturated rings. The van der Waals surface area contributed by atoms with Crippen LogP contribution in [0.1, 0.15) is 54.0 Å². The second kappa shape index (κ2) is 7.79. The van der Waals surface area contributed by atoms with E-state index >= 15 is 0 Å². The minimum atomic E-state index is -1.18. The van der Waals surface area contributed by atoms with Crippen LogP contribution in [-0.2, 0) is 16.6 Å². The first-order chi connectivity index (χ1) is 11.6. The van der Waals surface area contributed by atoms with Crippen molar-refractivity contribution in [1.29, 1.82) is 0 Å². The number of benzene rings is 1. The summed E-state index contributed by atoms with van der Waals surface area (Å²) in [7, 11) is -1.18. The molecule has 5 heteroatoms. The van der Waals surface area contributed by atoms with E-state index in [-0.39, 0.29) is 17.7 Å². The number of furan rings is 1. The Labute approximate surface area is 145 Å². The number of hydrogen-bond donors (Lipinski definition) is 1. The monoisotopic (exact) mass is 345 g/mol. The van der Waals surface area contributed by atoms with Crippen LogP contribution in [0.2, 0.25) is 0 Å². The van der Waals surface area contributed by atoms with Gasteiger partial charge in [-0.25, -0.2) is 0 Å². The maximum absolute atomic E-state index is 12.4. The number of carbonyl (C=O) groups is 1. The molecule has 1 amide bonds. The molecule has 1 unspecified atom stereocenters. The summed E-state index contributed by atoms with van der Waals surface area (Å²) in [6.45, 7) is 1.97. The number of nitrogens with one attached hydrogen (secondary N) is 1. The van der Waals surface area contributed by atoms with Gasteiger partial charge in [0.1, 0.15) is 5.76 Å². The predicted molar refractivity (Wildman–Crippen MR) is 94.3 cm³/mol. The van der Waals surface area contributed by atoms with E-state index < -0.39 is 10.8 Å². The fourth-order valence-corrected chi connectivity index (χ4v) is 4.18. The van der Waals surface area contributed by atoms with Crippen molar-refractivity contribution in [3.05, 3.63) is 53.5 Å². The Hall–Kier alpha value is -1.88. The van der Waals surface area contributed by atoms with Gasteiger partial charge in [0, 0.05) is 10.9 Å². The largest absolute Gasteiger partial charge is 0.455 e. The van der Waals surface area contributed by atoms with Gasteiger partial charge in [-0.05, 0) is 49.6 Å². The second-order valence-electron chi connectivity index (χ2n) is 6.38. The lowest BCUT2D eigenvalue weighted by molar-refractivity contribution is 0.0898. The summed E-state index contributed by atoms with van der Waals surface area (Å²) in [5.41, 5.74) is 1.08. The molecule has 1 aliphatic carbocycles. The molecule has 0 radical (unpaired) electrons. The second-order valence-corrected chi connectivity index (χ2v) is 7.83. The van der Waals surface area contributed by atoms with Gasteiger partial charge < -0.3 is 9.73 Å². The van der Waals surface area contributed by atoms with Crippen molar-refractivity contribution in [1.82, 2.24) is 5.32 Å². The number of amides is 1. The third kappa shape index (κ3) is 4.35. The van der Waals surface area contributed by atoms with Crippen LogP contribution in [0.15, 0.2) is 45.7 Å². The Balaban J connectivity index is 1.60. The van der Waals surface area contributed by atoms with Gasteiger partial charge in [0.15, 0.2) is 5.76 Å². The topological polar surface area (TPSA) is 59.3 Å². The first kappa shape index (κ1) is 17.0. The van der Waals surface area contributed by atoms with Gasteiger partial charge >= 0.3 is 0 Å². The van der Waals surface area contributed by atoms with Crippen LogP contribution >= 0.6 is 0 Å². The zero-order valence-corrected chi connectivity index (χ0v) is 14.7. The number of aryl methyl sites for hydroxylation is 1.